The number of phenols is 1. The molecule has 1 aliphatic heterocycles. The molecule has 192 valence electrons. The van der Waals surface area contributed by atoms with Crippen LogP contribution in [0.3, 0.4) is 0 Å². The molecule has 7 nitrogen and oxygen atoms in total. The summed E-state index contributed by atoms with van der Waals surface area (Å²) in [6, 6.07) is 12.0. The van der Waals surface area contributed by atoms with Gasteiger partial charge in [-0.05, 0) is 96.8 Å². The Morgan fingerprint density at radius 3 is 2.45 bits per heavy atom. The van der Waals surface area contributed by atoms with E-state index in [1.165, 1.54) is 24.2 Å². The van der Waals surface area contributed by atoms with Crippen LogP contribution in [0.15, 0.2) is 76.9 Å². The maximum Gasteiger partial charge on any atom is 0.238 e. The van der Waals surface area contributed by atoms with Gasteiger partial charge >= 0.3 is 0 Å². The number of amides is 2. The number of fused-ring (bicyclic) bond motifs is 3. The average molecular weight is 621 g/mol. The molecule has 1 N–H and O–H groups in total. The summed E-state index contributed by atoms with van der Waals surface area (Å²) in [7, 11) is 1.51. The summed E-state index contributed by atoms with van der Waals surface area (Å²) in [5, 5.41) is 10.9. The highest BCUT2D eigenvalue weighted by Crippen LogP contribution is 2.56. The van der Waals surface area contributed by atoms with Crippen LogP contribution in [0, 0.1) is 21.3 Å². The number of hydrogen-bond acceptors (Lipinski definition) is 6. The second kappa shape index (κ2) is 9.04. The molecular weight excluding hydrogens is 597 g/mol. The summed E-state index contributed by atoms with van der Waals surface area (Å²) in [5.41, 5.74) is 2.78. The minimum Gasteiger partial charge on any atom is -0.508 e. The molecular formula is C30H24INO6. The van der Waals surface area contributed by atoms with Crippen LogP contribution >= 0.6 is 22.6 Å². The van der Waals surface area contributed by atoms with Gasteiger partial charge < -0.3 is 9.84 Å². The van der Waals surface area contributed by atoms with E-state index < -0.39 is 23.7 Å². The molecule has 3 aliphatic carbocycles. The van der Waals surface area contributed by atoms with Gasteiger partial charge in [0.25, 0.3) is 0 Å². The second-order valence-corrected chi connectivity index (χ2v) is 11.4. The lowest BCUT2D eigenvalue weighted by Crippen LogP contribution is -2.39. The molecule has 4 unspecified atom stereocenters. The number of ether oxygens (including phenoxy) is 1. The topological polar surface area (TPSA) is 101 Å². The predicted molar refractivity (Wildman–Crippen MR) is 148 cm³/mol. The molecule has 38 heavy (non-hydrogen) atoms. The van der Waals surface area contributed by atoms with Crippen LogP contribution in [0.5, 0.6) is 11.5 Å². The van der Waals surface area contributed by atoms with Gasteiger partial charge in [0.15, 0.2) is 11.6 Å². The van der Waals surface area contributed by atoms with E-state index in [0.29, 0.717) is 40.1 Å². The van der Waals surface area contributed by atoms with E-state index in [4.69, 9.17) is 4.74 Å². The van der Waals surface area contributed by atoms with Gasteiger partial charge in [-0.2, -0.15) is 0 Å². The molecule has 4 atom stereocenters. The normalized spacial score (nSPS) is 26.6. The van der Waals surface area contributed by atoms with Crippen molar-refractivity contribution in [1.82, 2.24) is 0 Å². The number of allylic oxidation sites excluding steroid dienone is 6. The Morgan fingerprint density at radius 2 is 1.74 bits per heavy atom. The SMILES string of the molecule is COc1ccc(O)c(C2C3=CCC4C(=O)N(c5ccc(I)cc5)C(=O)C4C3CC3=C2C(=O)C=C(C)C3=O)c1. The summed E-state index contributed by atoms with van der Waals surface area (Å²) in [5.74, 6) is -3.01. The fraction of sp³-hybridized carbons (Fsp3) is 0.267. The molecule has 0 bridgehead atoms. The average Bonchev–Trinajstić information content (AvgIpc) is 3.17. The molecule has 0 saturated carbocycles. The van der Waals surface area contributed by atoms with Crippen LogP contribution in [0.1, 0.15) is 31.2 Å². The van der Waals surface area contributed by atoms with Crippen LogP contribution in [-0.2, 0) is 19.2 Å². The summed E-state index contributed by atoms with van der Waals surface area (Å²) in [4.78, 5) is 55.4. The molecule has 1 heterocycles. The Bertz CT molecular complexity index is 1530. The maximum atomic E-state index is 13.9. The van der Waals surface area contributed by atoms with Crippen LogP contribution in [-0.4, -0.2) is 35.6 Å². The number of halogens is 1. The smallest absolute Gasteiger partial charge is 0.238 e. The third-order valence-corrected chi connectivity index (χ3v) is 8.91. The monoisotopic (exact) mass is 621 g/mol. The number of phenolic OH excluding ortho intramolecular Hbond substituents is 1. The van der Waals surface area contributed by atoms with Gasteiger partial charge in [0, 0.05) is 31.8 Å². The fourth-order valence-corrected chi connectivity index (χ4v) is 6.83. The highest BCUT2D eigenvalue weighted by molar-refractivity contribution is 14.1. The zero-order valence-corrected chi connectivity index (χ0v) is 22.9. The number of imide groups is 1. The van der Waals surface area contributed by atoms with Crippen LogP contribution in [0.4, 0.5) is 5.69 Å². The number of Topliss-reactive ketones (excluding diaryl/α,β-unsaturated/α-hetero) is 1. The summed E-state index contributed by atoms with van der Waals surface area (Å²) in [6.45, 7) is 1.61. The molecule has 2 aromatic rings. The Morgan fingerprint density at radius 1 is 1.00 bits per heavy atom. The van der Waals surface area contributed by atoms with Crippen LogP contribution in [0.25, 0.3) is 0 Å². The third kappa shape index (κ3) is 3.60. The van der Waals surface area contributed by atoms with Crippen molar-refractivity contribution in [3.8, 4) is 11.5 Å². The van der Waals surface area contributed by atoms with Gasteiger partial charge in [0.1, 0.15) is 11.5 Å². The molecule has 1 saturated heterocycles. The molecule has 6 rings (SSSR count). The molecule has 2 amide bonds. The number of benzene rings is 2. The Kier molecular flexibility index (Phi) is 5.90. The van der Waals surface area contributed by atoms with Crippen molar-refractivity contribution >= 4 is 51.7 Å². The Hall–Kier alpha value is -3.53. The zero-order chi connectivity index (χ0) is 26.9. The minimum absolute atomic E-state index is 0.0350. The minimum atomic E-state index is -0.726. The largest absolute Gasteiger partial charge is 0.508 e. The van der Waals surface area contributed by atoms with Crippen molar-refractivity contribution in [1.29, 1.82) is 0 Å². The van der Waals surface area contributed by atoms with E-state index in [9.17, 15) is 24.3 Å². The zero-order valence-electron chi connectivity index (χ0n) is 20.7. The second-order valence-electron chi connectivity index (χ2n) is 10.1. The van der Waals surface area contributed by atoms with E-state index in [1.54, 1.807) is 31.2 Å². The van der Waals surface area contributed by atoms with Gasteiger partial charge in [0.05, 0.1) is 24.6 Å². The fourth-order valence-electron chi connectivity index (χ4n) is 6.47. The van der Waals surface area contributed by atoms with Crippen molar-refractivity contribution in [2.75, 3.05) is 12.0 Å². The summed E-state index contributed by atoms with van der Waals surface area (Å²) < 4.78 is 6.38. The van der Waals surface area contributed by atoms with Crippen LogP contribution in [0.2, 0.25) is 0 Å². The van der Waals surface area contributed by atoms with Gasteiger partial charge in [-0.25, -0.2) is 0 Å². The highest BCUT2D eigenvalue weighted by atomic mass is 127. The first-order valence-electron chi connectivity index (χ1n) is 12.4. The Balaban J connectivity index is 1.51. The van der Waals surface area contributed by atoms with Crippen molar-refractivity contribution < 1.29 is 29.0 Å². The lowest BCUT2D eigenvalue weighted by Gasteiger charge is -2.42. The number of carbonyl (C=O) groups is 4. The first-order chi connectivity index (χ1) is 18.2. The number of hydrogen-bond donors (Lipinski definition) is 1. The molecule has 2 aromatic carbocycles. The molecule has 4 aliphatic rings. The van der Waals surface area contributed by atoms with Crippen molar-refractivity contribution in [2.45, 2.75) is 25.7 Å². The number of nitrogens with zero attached hydrogens (tertiary/aromatic N) is 1. The number of anilines is 1. The third-order valence-electron chi connectivity index (χ3n) is 8.19. The molecule has 0 radical (unpaired) electrons. The first kappa shape index (κ1) is 24.8. The number of methoxy groups -OCH3 is 1. The van der Waals surface area contributed by atoms with Crippen molar-refractivity contribution in [3.63, 3.8) is 0 Å². The molecule has 0 aromatic heterocycles. The quantitative estimate of drug-likeness (QED) is 0.232. The van der Waals surface area contributed by atoms with Crippen molar-refractivity contribution in [3.05, 3.63) is 86.0 Å². The van der Waals surface area contributed by atoms with Gasteiger partial charge in [-0.15, -0.1) is 0 Å². The number of aromatic hydroxyl groups is 1. The molecule has 1 fully saturated rings. The number of ketones is 2. The Labute approximate surface area is 233 Å². The molecule has 0 spiro atoms. The van der Waals surface area contributed by atoms with Crippen LogP contribution < -0.4 is 9.64 Å². The molecule has 8 heteroatoms. The van der Waals surface area contributed by atoms with Gasteiger partial charge in [-0.1, -0.05) is 11.6 Å². The predicted octanol–water partition coefficient (Wildman–Crippen LogP) is 4.64. The van der Waals surface area contributed by atoms with E-state index in [0.717, 1.165) is 9.14 Å². The van der Waals surface area contributed by atoms with Gasteiger partial charge in [-0.3, -0.25) is 24.1 Å². The van der Waals surface area contributed by atoms with E-state index in [1.807, 2.05) is 18.2 Å². The van der Waals surface area contributed by atoms with E-state index in [-0.39, 0.29) is 35.6 Å². The standard InChI is InChI=1S/C30H24INO6/c1-14-11-24(34)27-22(28(14)35)13-20-18(25(27)21-12-17(38-2)7-10-23(21)33)8-9-19-26(20)30(37)32(29(19)36)16-5-3-15(31)4-6-16/h3-8,10-12,19-20,25-26,33H,9,13H2,1-2H3. The number of rotatable bonds is 3. The highest BCUT2D eigenvalue weighted by Gasteiger charge is 2.56. The lowest BCUT2D eigenvalue weighted by atomic mass is 9.59. The lowest BCUT2D eigenvalue weighted by molar-refractivity contribution is -0.123. The summed E-state index contributed by atoms with van der Waals surface area (Å²) in [6.07, 6.45) is 3.81. The summed E-state index contributed by atoms with van der Waals surface area (Å²) >= 11 is 2.17. The first-order valence-corrected chi connectivity index (χ1v) is 13.5. The van der Waals surface area contributed by atoms with Crippen molar-refractivity contribution in [2.24, 2.45) is 17.8 Å². The van der Waals surface area contributed by atoms with Gasteiger partial charge in [0.2, 0.25) is 11.8 Å². The number of carbonyl (C=O) groups excluding carboxylic acids is 4. The van der Waals surface area contributed by atoms with E-state index >= 15 is 0 Å². The maximum absolute atomic E-state index is 13.9. The van der Waals surface area contributed by atoms with E-state index in [2.05, 4.69) is 22.6 Å².